The minimum atomic E-state index is -4.40. The van der Waals surface area contributed by atoms with Crippen LogP contribution in [0.3, 0.4) is 0 Å². The van der Waals surface area contributed by atoms with Crippen LogP contribution in [-0.2, 0) is 15.8 Å². The fraction of sp³-hybridized carbons (Fsp3) is 0.529. The maximum Gasteiger partial charge on any atom is 0.416 e. The number of nitrogens with one attached hydrogen (secondary N) is 3. The molecule has 0 aromatic heterocycles. The summed E-state index contributed by atoms with van der Waals surface area (Å²) in [6, 6.07) is 3.44. The fourth-order valence-electron chi connectivity index (χ4n) is 2.63. The van der Waals surface area contributed by atoms with Gasteiger partial charge < -0.3 is 10.6 Å². The number of hydrogen-bond donors (Lipinski definition) is 3. The Balaban J connectivity index is 2.00. The van der Waals surface area contributed by atoms with E-state index in [0.717, 1.165) is 12.1 Å². The van der Waals surface area contributed by atoms with E-state index in [1.54, 1.807) is 6.92 Å². The molecule has 1 aromatic rings. The number of nitrogens with zero attached hydrogens (tertiary/aromatic N) is 1. The first-order valence-corrected chi connectivity index (χ1v) is 8.35. The minimum absolute atomic E-state index is 0.000378. The zero-order valence-electron chi connectivity index (χ0n) is 14.9. The van der Waals surface area contributed by atoms with Gasteiger partial charge in [0.05, 0.1) is 24.1 Å². The summed E-state index contributed by atoms with van der Waals surface area (Å²) in [6.45, 7) is 4.28. The third kappa shape index (κ3) is 4.95. The van der Waals surface area contributed by atoms with Crippen molar-refractivity contribution in [3.8, 4) is 0 Å². The van der Waals surface area contributed by atoms with Crippen molar-refractivity contribution in [2.24, 2.45) is 0 Å². The minimum Gasteiger partial charge on any atom is -0.348 e. The van der Waals surface area contributed by atoms with Crippen molar-refractivity contribution in [2.45, 2.75) is 44.8 Å². The van der Waals surface area contributed by atoms with Gasteiger partial charge in [0.1, 0.15) is 6.29 Å². The monoisotopic (exact) mass is 372 g/mol. The molecule has 1 aliphatic rings. The maximum absolute atomic E-state index is 12.6. The van der Waals surface area contributed by atoms with Gasteiger partial charge in [0.25, 0.3) is 0 Å². The van der Waals surface area contributed by atoms with Crippen molar-refractivity contribution >= 4 is 11.8 Å². The van der Waals surface area contributed by atoms with E-state index in [2.05, 4.69) is 16.0 Å². The zero-order chi connectivity index (χ0) is 19.5. The number of halogens is 3. The zero-order valence-corrected chi connectivity index (χ0v) is 14.9. The first-order valence-electron chi connectivity index (χ1n) is 8.35. The number of carbonyl (C=O) groups excluding carboxylic acids is 2. The molecule has 1 aliphatic heterocycles. The molecule has 0 bridgehead atoms. The molecule has 2 amide bonds. The standard InChI is InChI=1S/C17H23F3N4O2/c1-4-24(3)16-22-13(9-14(25)23-16)15(26)21-10(2)11-5-7-12(8-6-11)17(18,19)20/h5-8,10,13,16,22H,4,9H2,1-3H3,(H,21,26)(H,23,25)/t10-,13?,16?/m1/s1. The van der Waals surface area contributed by atoms with Crippen molar-refractivity contribution in [1.82, 2.24) is 20.9 Å². The Kier molecular flexibility index (Phi) is 6.25. The van der Waals surface area contributed by atoms with E-state index in [1.165, 1.54) is 12.1 Å². The second-order valence-electron chi connectivity index (χ2n) is 6.32. The quantitative estimate of drug-likeness (QED) is 0.734. The van der Waals surface area contributed by atoms with Crippen molar-refractivity contribution < 1.29 is 22.8 Å². The largest absolute Gasteiger partial charge is 0.416 e. The third-order valence-electron chi connectivity index (χ3n) is 4.40. The molecular weight excluding hydrogens is 349 g/mol. The van der Waals surface area contributed by atoms with Crippen molar-refractivity contribution in [3.05, 3.63) is 35.4 Å². The molecule has 26 heavy (non-hydrogen) atoms. The van der Waals surface area contributed by atoms with Gasteiger partial charge >= 0.3 is 6.18 Å². The van der Waals surface area contributed by atoms with Gasteiger partial charge in [-0.25, -0.2) is 0 Å². The molecule has 0 saturated carbocycles. The molecule has 1 aromatic carbocycles. The number of rotatable bonds is 5. The van der Waals surface area contributed by atoms with E-state index in [4.69, 9.17) is 0 Å². The van der Waals surface area contributed by atoms with Crippen LogP contribution in [0.25, 0.3) is 0 Å². The Morgan fingerprint density at radius 2 is 1.96 bits per heavy atom. The first kappa shape index (κ1) is 20.2. The van der Waals surface area contributed by atoms with E-state index in [9.17, 15) is 22.8 Å². The summed E-state index contributed by atoms with van der Waals surface area (Å²) in [5.74, 6) is -0.613. The lowest BCUT2D eigenvalue weighted by molar-refractivity contribution is -0.137. The van der Waals surface area contributed by atoms with Crippen LogP contribution in [0.2, 0.25) is 0 Å². The van der Waals surface area contributed by atoms with Crippen molar-refractivity contribution in [1.29, 1.82) is 0 Å². The molecule has 0 radical (unpaired) electrons. The molecule has 2 rings (SSSR count). The summed E-state index contributed by atoms with van der Waals surface area (Å²) in [7, 11) is 1.81. The molecule has 1 fully saturated rings. The Morgan fingerprint density at radius 3 is 2.50 bits per heavy atom. The average Bonchev–Trinajstić information content (AvgIpc) is 2.59. The van der Waals surface area contributed by atoms with Gasteiger partial charge in [-0.1, -0.05) is 19.1 Å². The number of carbonyl (C=O) groups is 2. The van der Waals surface area contributed by atoms with Crippen LogP contribution < -0.4 is 16.0 Å². The van der Waals surface area contributed by atoms with Crippen molar-refractivity contribution in [3.63, 3.8) is 0 Å². The number of alkyl halides is 3. The summed E-state index contributed by atoms with van der Waals surface area (Å²) < 4.78 is 37.9. The highest BCUT2D eigenvalue weighted by Crippen LogP contribution is 2.29. The van der Waals surface area contributed by atoms with Crippen LogP contribution in [0.15, 0.2) is 24.3 Å². The van der Waals surface area contributed by atoms with Crippen LogP contribution in [0.5, 0.6) is 0 Å². The van der Waals surface area contributed by atoms with Gasteiger partial charge in [-0.2, -0.15) is 13.2 Å². The van der Waals surface area contributed by atoms with Crippen LogP contribution in [0.4, 0.5) is 13.2 Å². The predicted octanol–water partition coefficient (Wildman–Crippen LogP) is 1.60. The summed E-state index contributed by atoms with van der Waals surface area (Å²) in [5, 5.41) is 8.54. The predicted molar refractivity (Wildman–Crippen MR) is 89.8 cm³/mol. The molecule has 3 N–H and O–H groups in total. The van der Waals surface area contributed by atoms with E-state index in [0.29, 0.717) is 12.1 Å². The summed E-state index contributed by atoms with van der Waals surface area (Å²) in [6.07, 6.45) is -4.84. The maximum atomic E-state index is 12.6. The molecule has 2 unspecified atom stereocenters. The molecule has 6 nitrogen and oxygen atoms in total. The first-order chi connectivity index (χ1) is 12.1. The molecule has 1 saturated heterocycles. The van der Waals surface area contributed by atoms with Gasteiger partial charge in [0.2, 0.25) is 11.8 Å². The number of hydrogen-bond acceptors (Lipinski definition) is 4. The summed E-state index contributed by atoms with van der Waals surface area (Å²) in [4.78, 5) is 26.1. The Hall–Kier alpha value is -2.13. The highest BCUT2D eigenvalue weighted by Gasteiger charge is 2.33. The van der Waals surface area contributed by atoms with Gasteiger partial charge in [-0.3, -0.25) is 19.8 Å². The van der Waals surface area contributed by atoms with Crippen molar-refractivity contribution in [2.75, 3.05) is 13.6 Å². The molecule has 144 valence electrons. The molecule has 0 aliphatic carbocycles. The SMILES string of the molecule is CCN(C)C1NC(=O)CC(C(=O)N[C@H](C)c2ccc(C(F)(F)F)cc2)N1. The van der Waals surface area contributed by atoms with Gasteiger partial charge in [0.15, 0.2) is 0 Å². The number of amides is 2. The van der Waals surface area contributed by atoms with Crippen LogP contribution in [0.1, 0.15) is 37.4 Å². The van der Waals surface area contributed by atoms with Crippen LogP contribution in [-0.4, -0.2) is 42.6 Å². The topological polar surface area (TPSA) is 73.5 Å². The normalized spacial score (nSPS) is 22.0. The van der Waals surface area contributed by atoms with Crippen LogP contribution >= 0.6 is 0 Å². The second kappa shape index (κ2) is 8.05. The molecule has 0 spiro atoms. The summed E-state index contributed by atoms with van der Waals surface area (Å²) in [5.41, 5.74) is -0.190. The molecule has 9 heteroatoms. The van der Waals surface area contributed by atoms with Gasteiger partial charge in [-0.05, 0) is 38.2 Å². The van der Waals surface area contributed by atoms with Gasteiger partial charge in [-0.15, -0.1) is 0 Å². The van der Waals surface area contributed by atoms with E-state index in [-0.39, 0.29) is 18.2 Å². The number of benzene rings is 1. The Bertz CT molecular complexity index is 648. The lowest BCUT2D eigenvalue weighted by Crippen LogP contribution is -2.65. The Labute approximate surface area is 150 Å². The van der Waals surface area contributed by atoms with E-state index in [1.807, 2.05) is 18.9 Å². The molecule has 1 heterocycles. The average molecular weight is 372 g/mol. The van der Waals surface area contributed by atoms with E-state index < -0.39 is 30.1 Å². The molecular formula is C17H23F3N4O2. The summed E-state index contributed by atoms with van der Waals surface area (Å²) >= 11 is 0. The second-order valence-corrected chi connectivity index (χ2v) is 6.32. The van der Waals surface area contributed by atoms with Gasteiger partial charge in [0, 0.05) is 0 Å². The van der Waals surface area contributed by atoms with E-state index >= 15 is 0 Å². The highest BCUT2D eigenvalue weighted by molar-refractivity contribution is 5.89. The Morgan fingerprint density at radius 1 is 1.35 bits per heavy atom. The van der Waals surface area contributed by atoms with Crippen LogP contribution in [0, 0.1) is 0 Å². The highest BCUT2D eigenvalue weighted by atomic mass is 19.4. The third-order valence-corrected chi connectivity index (χ3v) is 4.40. The molecule has 3 atom stereocenters. The smallest absolute Gasteiger partial charge is 0.348 e. The lowest BCUT2D eigenvalue weighted by Gasteiger charge is -2.36. The lowest BCUT2D eigenvalue weighted by atomic mass is 10.0. The fourth-order valence-corrected chi connectivity index (χ4v) is 2.63.